The molecule has 2 aromatic carbocycles. The molecule has 0 radical (unpaired) electrons. The minimum atomic E-state index is 0.138. The second kappa shape index (κ2) is 8.16. The largest absolute Gasteiger partial charge is 0.469 e. The van der Waals surface area contributed by atoms with E-state index in [4.69, 9.17) is 4.42 Å². The maximum absolute atomic E-state index is 12.7. The first-order valence-electron chi connectivity index (χ1n) is 8.19. The molecule has 24 heavy (non-hydrogen) atoms. The Bertz CT molecular complexity index is 695. The molecule has 3 aromatic rings. The van der Waals surface area contributed by atoms with E-state index >= 15 is 0 Å². The summed E-state index contributed by atoms with van der Waals surface area (Å²) in [6.07, 6.45) is 2.73. The number of benzene rings is 2. The number of nitrogens with zero attached hydrogens (tertiary/aromatic N) is 1. The van der Waals surface area contributed by atoms with Gasteiger partial charge in [0.1, 0.15) is 5.76 Å². The molecular weight excluding hydrogens is 298 g/mol. The molecule has 0 saturated carbocycles. The van der Waals surface area contributed by atoms with Crippen LogP contribution in [-0.4, -0.2) is 10.8 Å². The van der Waals surface area contributed by atoms with E-state index in [1.807, 2.05) is 53.4 Å². The molecule has 0 aliphatic carbocycles. The molecule has 1 amide bonds. The van der Waals surface area contributed by atoms with Crippen molar-refractivity contribution < 1.29 is 9.21 Å². The number of hydrogen-bond acceptors (Lipinski definition) is 2. The zero-order valence-corrected chi connectivity index (χ0v) is 13.6. The summed E-state index contributed by atoms with van der Waals surface area (Å²) in [6.45, 7) is 1.24. The Morgan fingerprint density at radius 1 is 0.792 bits per heavy atom. The van der Waals surface area contributed by atoms with Gasteiger partial charge < -0.3 is 9.32 Å². The average molecular weight is 319 g/mol. The Hall–Kier alpha value is -2.81. The second-order valence-electron chi connectivity index (χ2n) is 5.80. The van der Waals surface area contributed by atoms with Crippen molar-refractivity contribution in [1.29, 1.82) is 0 Å². The fourth-order valence-corrected chi connectivity index (χ4v) is 2.68. The summed E-state index contributed by atoms with van der Waals surface area (Å²) in [6, 6.07) is 24.0. The van der Waals surface area contributed by atoms with Crippen molar-refractivity contribution in [3.8, 4) is 0 Å². The van der Waals surface area contributed by atoms with E-state index < -0.39 is 0 Å². The zero-order chi connectivity index (χ0) is 16.6. The standard InChI is InChI=1S/C21H21NO2/c23-21(14-13-20-12-7-15-24-20)22(16-18-8-3-1-4-9-18)17-19-10-5-2-6-11-19/h1-12,15H,13-14,16-17H2. The molecular formula is C21H21NO2. The van der Waals surface area contributed by atoms with Crippen molar-refractivity contribution in [2.24, 2.45) is 0 Å². The van der Waals surface area contributed by atoms with Crippen molar-refractivity contribution in [3.63, 3.8) is 0 Å². The van der Waals surface area contributed by atoms with Crippen LogP contribution >= 0.6 is 0 Å². The highest BCUT2D eigenvalue weighted by atomic mass is 16.3. The fourth-order valence-electron chi connectivity index (χ4n) is 2.68. The summed E-state index contributed by atoms with van der Waals surface area (Å²) in [5.74, 6) is 0.988. The molecule has 3 rings (SSSR count). The zero-order valence-electron chi connectivity index (χ0n) is 13.6. The van der Waals surface area contributed by atoms with Crippen LogP contribution in [0.15, 0.2) is 83.5 Å². The number of carbonyl (C=O) groups excluding carboxylic acids is 1. The first kappa shape index (κ1) is 16.1. The number of carbonyl (C=O) groups is 1. The third kappa shape index (κ3) is 4.59. The number of hydrogen-bond donors (Lipinski definition) is 0. The Labute approximate surface area is 142 Å². The van der Waals surface area contributed by atoms with E-state index in [0.717, 1.165) is 16.9 Å². The van der Waals surface area contributed by atoms with Crippen LogP contribution in [0.2, 0.25) is 0 Å². The summed E-state index contributed by atoms with van der Waals surface area (Å²) in [7, 11) is 0. The highest BCUT2D eigenvalue weighted by Gasteiger charge is 2.15. The van der Waals surface area contributed by atoms with Gasteiger partial charge in [0.05, 0.1) is 6.26 Å². The normalized spacial score (nSPS) is 10.5. The molecule has 0 spiro atoms. The molecule has 0 unspecified atom stereocenters. The van der Waals surface area contributed by atoms with Crippen LogP contribution in [0.25, 0.3) is 0 Å². The summed E-state index contributed by atoms with van der Waals surface area (Å²) in [4.78, 5) is 14.6. The summed E-state index contributed by atoms with van der Waals surface area (Å²) in [5, 5.41) is 0. The second-order valence-corrected chi connectivity index (χ2v) is 5.80. The molecule has 0 N–H and O–H groups in total. The first-order valence-corrected chi connectivity index (χ1v) is 8.19. The molecule has 0 bridgehead atoms. The maximum Gasteiger partial charge on any atom is 0.223 e. The van der Waals surface area contributed by atoms with E-state index in [-0.39, 0.29) is 5.91 Å². The maximum atomic E-state index is 12.7. The van der Waals surface area contributed by atoms with E-state index in [2.05, 4.69) is 24.3 Å². The Morgan fingerprint density at radius 2 is 1.38 bits per heavy atom. The van der Waals surface area contributed by atoms with Gasteiger partial charge in [-0.05, 0) is 23.3 Å². The molecule has 0 aliphatic heterocycles. The van der Waals surface area contributed by atoms with Crippen molar-refractivity contribution in [1.82, 2.24) is 4.90 Å². The summed E-state index contributed by atoms with van der Waals surface area (Å²) < 4.78 is 5.33. The van der Waals surface area contributed by atoms with Crippen LogP contribution < -0.4 is 0 Å². The van der Waals surface area contributed by atoms with Gasteiger partial charge in [-0.2, -0.15) is 0 Å². The Balaban J connectivity index is 1.69. The lowest BCUT2D eigenvalue weighted by Crippen LogP contribution is -2.30. The molecule has 1 aromatic heterocycles. The van der Waals surface area contributed by atoms with E-state index in [1.54, 1.807) is 6.26 Å². The molecule has 0 atom stereocenters. The molecule has 0 aliphatic rings. The predicted octanol–water partition coefficient (Wildman–Crippen LogP) is 4.44. The summed E-state index contributed by atoms with van der Waals surface area (Å²) >= 11 is 0. The van der Waals surface area contributed by atoms with Crippen molar-refractivity contribution in [2.45, 2.75) is 25.9 Å². The lowest BCUT2D eigenvalue weighted by Gasteiger charge is -2.23. The Morgan fingerprint density at radius 3 is 1.88 bits per heavy atom. The number of aryl methyl sites for hydroxylation is 1. The highest BCUT2D eigenvalue weighted by molar-refractivity contribution is 5.76. The van der Waals surface area contributed by atoms with Gasteiger partial charge >= 0.3 is 0 Å². The molecule has 0 saturated heterocycles. The molecule has 1 heterocycles. The van der Waals surface area contributed by atoms with Crippen LogP contribution in [0.5, 0.6) is 0 Å². The number of rotatable bonds is 7. The smallest absolute Gasteiger partial charge is 0.223 e. The topological polar surface area (TPSA) is 33.5 Å². The van der Waals surface area contributed by atoms with Crippen LogP contribution in [0.3, 0.4) is 0 Å². The van der Waals surface area contributed by atoms with Crippen molar-refractivity contribution in [3.05, 3.63) is 95.9 Å². The molecule has 122 valence electrons. The van der Waals surface area contributed by atoms with Gasteiger partial charge in [0, 0.05) is 25.9 Å². The minimum absolute atomic E-state index is 0.138. The average Bonchev–Trinajstić information content (AvgIpc) is 3.14. The van der Waals surface area contributed by atoms with Gasteiger partial charge in [-0.1, -0.05) is 60.7 Å². The van der Waals surface area contributed by atoms with Gasteiger partial charge in [0.25, 0.3) is 0 Å². The monoisotopic (exact) mass is 319 g/mol. The van der Waals surface area contributed by atoms with E-state index in [9.17, 15) is 4.79 Å². The lowest BCUT2D eigenvalue weighted by atomic mass is 10.1. The lowest BCUT2D eigenvalue weighted by molar-refractivity contribution is -0.132. The van der Waals surface area contributed by atoms with Crippen LogP contribution in [-0.2, 0) is 24.3 Å². The first-order chi connectivity index (χ1) is 11.8. The molecule has 3 nitrogen and oxygen atoms in total. The van der Waals surface area contributed by atoms with Gasteiger partial charge in [-0.15, -0.1) is 0 Å². The van der Waals surface area contributed by atoms with Crippen LogP contribution in [0.1, 0.15) is 23.3 Å². The molecule has 3 heteroatoms. The summed E-state index contributed by atoms with van der Waals surface area (Å²) in [5.41, 5.74) is 2.28. The van der Waals surface area contributed by atoms with Gasteiger partial charge in [-0.25, -0.2) is 0 Å². The minimum Gasteiger partial charge on any atom is -0.469 e. The van der Waals surface area contributed by atoms with Gasteiger partial charge in [-0.3, -0.25) is 4.79 Å². The fraction of sp³-hybridized carbons (Fsp3) is 0.190. The number of amides is 1. The van der Waals surface area contributed by atoms with Crippen molar-refractivity contribution in [2.75, 3.05) is 0 Å². The molecule has 0 fully saturated rings. The van der Waals surface area contributed by atoms with Gasteiger partial charge in [0.15, 0.2) is 0 Å². The number of furan rings is 1. The highest BCUT2D eigenvalue weighted by Crippen LogP contribution is 2.13. The SMILES string of the molecule is O=C(CCc1ccco1)N(Cc1ccccc1)Cc1ccccc1. The predicted molar refractivity (Wildman–Crippen MR) is 94.2 cm³/mol. The third-order valence-corrected chi connectivity index (χ3v) is 3.95. The third-order valence-electron chi connectivity index (χ3n) is 3.95. The van der Waals surface area contributed by atoms with Gasteiger partial charge in [0.2, 0.25) is 5.91 Å². The van der Waals surface area contributed by atoms with Crippen LogP contribution in [0, 0.1) is 0 Å². The van der Waals surface area contributed by atoms with Crippen molar-refractivity contribution >= 4 is 5.91 Å². The van der Waals surface area contributed by atoms with Crippen LogP contribution in [0.4, 0.5) is 0 Å². The van der Waals surface area contributed by atoms with E-state index in [0.29, 0.717) is 25.9 Å². The Kier molecular flexibility index (Phi) is 5.46. The quantitative estimate of drug-likeness (QED) is 0.645. The van der Waals surface area contributed by atoms with E-state index in [1.165, 1.54) is 0 Å².